The van der Waals surface area contributed by atoms with Crippen LogP contribution in [0.25, 0.3) is 0 Å². The lowest BCUT2D eigenvalue weighted by Crippen LogP contribution is -2.46. The summed E-state index contributed by atoms with van der Waals surface area (Å²) in [5.74, 6) is -0.585. The molecule has 372 valence electrons. The SMILES string of the molecule is CCCCCCCC/C=C\C/C=C/C(CC(=O)NC(CO)C(O)CCCCCCCCCCCCCCCC)OC(=O)CCCCCCCCCCCCCCCCCCCCC. The van der Waals surface area contributed by atoms with Gasteiger partial charge in [-0.2, -0.15) is 0 Å². The minimum absolute atomic E-state index is 0.0228. The first kappa shape index (κ1) is 61.3. The molecule has 63 heavy (non-hydrogen) atoms. The van der Waals surface area contributed by atoms with Crippen molar-refractivity contribution in [1.82, 2.24) is 5.32 Å². The van der Waals surface area contributed by atoms with Gasteiger partial charge in [-0.05, 0) is 38.2 Å². The van der Waals surface area contributed by atoms with Gasteiger partial charge >= 0.3 is 5.97 Å². The van der Waals surface area contributed by atoms with E-state index in [-0.39, 0.29) is 24.9 Å². The number of carbonyl (C=O) groups excluding carboxylic acids is 2. The Hall–Kier alpha value is -1.66. The summed E-state index contributed by atoms with van der Waals surface area (Å²) in [5.41, 5.74) is 0. The van der Waals surface area contributed by atoms with Crippen LogP contribution >= 0.6 is 0 Å². The van der Waals surface area contributed by atoms with Gasteiger partial charge in [0.2, 0.25) is 5.91 Å². The van der Waals surface area contributed by atoms with Crippen molar-refractivity contribution in [2.75, 3.05) is 6.61 Å². The van der Waals surface area contributed by atoms with Crippen molar-refractivity contribution in [3.8, 4) is 0 Å². The summed E-state index contributed by atoms with van der Waals surface area (Å²) in [6, 6.07) is -0.728. The highest BCUT2D eigenvalue weighted by Gasteiger charge is 2.23. The smallest absolute Gasteiger partial charge is 0.306 e. The van der Waals surface area contributed by atoms with Crippen LogP contribution in [0.4, 0.5) is 0 Å². The number of hydrogen-bond donors (Lipinski definition) is 3. The number of carbonyl (C=O) groups is 2. The third kappa shape index (κ3) is 46.7. The average Bonchev–Trinajstić information content (AvgIpc) is 3.28. The van der Waals surface area contributed by atoms with Crippen LogP contribution in [0.2, 0.25) is 0 Å². The van der Waals surface area contributed by atoms with Crippen LogP contribution in [0, 0.1) is 0 Å². The summed E-state index contributed by atoms with van der Waals surface area (Å²) in [6.45, 7) is 6.48. The van der Waals surface area contributed by atoms with E-state index in [0.29, 0.717) is 12.8 Å². The van der Waals surface area contributed by atoms with Crippen molar-refractivity contribution in [2.45, 2.75) is 322 Å². The third-order valence-electron chi connectivity index (χ3n) is 13.0. The zero-order valence-electron chi connectivity index (χ0n) is 42.5. The number of nitrogens with one attached hydrogen (secondary N) is 1. The first-order valence-electron chi connectivity index (χ1n) is 28.1. The topological polar surface area (TPSA) is 95.9 Å². The van der Waals surface area contributed by atoms with E-state index < -0.39 is 18.2 Å². The summed E-state index contributed by atoms with van der Waals surface area (Å²) in [5, 5.41) is 23.7. The molecule has 6 nitrogen and oxygen atoms in total. The van der Waals surface area contributed by atoms with Crippen LogP contribution < -0.4 is 5.32 Å². The van der Waals surface area contributed by atoms with E-state index in [1.807, 2.05) is 12.2 Å². The Kier molecular flexibility index (Phi) is 50.0. The minimum atomic E-state index is -0.807. The zero-order valence-corrected chi connectivity index (χ0v) is 42.5. The van der Waals surface area contributed by atoms with Gasteiger partial charge in [0.25, 0.3) is 0 Å². The molecule has 0 aromatic heterocycles. The number of unbranched alkanes of at least 4 members (excludes halogenated alkanes) is 37. The summed E-state index contributed by atoms with van der Waals surface area (Å²) < 4.78 is 5.85. The Bertz CT molecular complexity index is 997. The standard InChI is InChI=1S/C57H109NO5/c1-4-7-10-13-16-19-22-24-26-27-28-29-30-32-35-38-41-44-47-50-57(62)63-53(48-45-42-39-36-33-21-18-15-12-9-6-3)51-56(61)58-54(52-59)55(60)49-46-43-40-37-34-31-25-23-20-17-14-11-8-5-2/h36,39,45,48,53-55,59-60H,4-35,37-38,40-44,46-47,49-52H2,1-3H3,(H,58,61)/b39-36-,48-45+. The third-order valence-corrected chi connectivity index (χ3v) is 13.0. The zero-order chi connectivity index (χ0) is 45.9. The maximum Gasteiger partial charge on any atom is 0.306 e. The Labute approximate surface area is 392 Å². The van der Waals surface area contributed by atoms with Gasteiger partial charge in [-0.3, -0.25) is 9.59 Å². The maximum absolute atomic E-state index is 13.2. The molecule has 0 saturated heterocycles. The second-order valence-electron chi connectivity index (χ2n) is 19.3. The van der Waals surface area contributed by atoms with E-state index in [4.69, 9.17) is 4.74 Å². The Morgan fingerprint density at radius 1 is 0.476 bits per heavy atom. The predicted molar refractivity (Wildman–Crippen MR) is 273 cm³/mol. The summed E-state index contributed by atoms with van der Waals surface area (Å²) >= 11 is 0. The highest BCUT2D eigenvalue weighted by molar-refractivity contribution is 5.78. The molecule has 3 atom stereocenters. The summed E-state index contributed by atoms with van der Waals surface area (Å²) in [7, 11) is 0. The highest BCUT2D eigenvalue weighted by atomic mass is 16.5. The number of esters is 1. The number of amides is 1. The Balaban J connectivity index is 4.48. The Morgan fingerprint density at radius 3 is 1.24 bits per heavy atom. The highest BCUT2D eigenvalue weighted by Crippen LogP contribution is 2.18. The lowest BCUT2D eigenvalue weighted by molar-refractivity contribution is -0.148. The molecule has 0 fully saturated rings. The van der Waals surface area contributed by atoms with Gasteiger partial charge in [-0.25, -0.2) is 0 Å². The molecule has 0 spiro atoms. The lowest BCUT2D eigenvalue weighted by Gasteiger charge is -2.23. The van der Waals surface area contributed by atoms with E-state index in [2.05, 4.69) is 38.2 Å². The van der Waals surface area contributed by atoms with E-state index in [1.165, 1.54) is 212 Å². The second-order valence-corrected chi connectivity index (χ2v) is 19.3. The number of rotatable bonds is 51. The molecule has 0 aromatic rings. The van der Waals surface area contributed by atoms with Crippen molar-refractivity contribution in [3.63, 3.8) is 0 Å². The number of hydrogen-bond acceptors (Lipinski definition) is 5. The van der Waals surface area contributed by atoms with E-state index in [0.717, 1.165) is 51.4 Å². The first-order chi connectivity index (χ1) is 31.0. The van der Waals surface area contributed by atoms with Crippen LogP contribution in [0.5, 0.6) is 0 Å². The number of ether oxygens (including phenoxy) is 1. The molecule has 3 unspecified atom stereocenters. The van der Waals surface area contributed by atoms with Crippen molar-refractivity contribution in [3.05, 3.63) is 24.3 Å². The van der Waals surface area contributed by atoms with Gasteiger partial charge in [0.1, 0.15) is 6.10 Å². The molecular formula is C57H109NO5. The van der Waals surface area contributed by atoms with Gasteiger partial charge in [-0.1, -0.05) is 277 Å². The Morgan fingerprint density at radius 2 is 0.841 bits per heavy atom. The largest absolute Gasteiger partial charge is 0.458 e. The molecule has 0 saturated carbocycles. The van der Waals surface area contributed by atoms with Gasteiger partial charge in [-0.15, -0.1) is 0 Å². The predicted octanol–water partition coefficient (Wildman–Crippen LogP) is 17.1. The van der Waals surface area contributed by atoms with Gasteiger partial charge in [0.15, 0.2) is 0 Å². The molecular weight excluding hydrogens is 779 g/mol. The fourth-order valence-corrected chi connectivity index (χ4v) is 8.75. The molecule has 0 radical (unpaired) electrons. The minimum Gasteiger partial charge on any atom is -0.458 e. The molecule has 6 heteroatoms. The van der Waals surface area contributed by atoms with E-state index in [9.17, 15) is 19.8 Å². The fraction of sp³-hybridized carbons (Fsp3) is 0.895. The van der Waals surface area contributed by atoms with E-state index >= 15 is 0 Å². The number of aliphatic hydroxyl groups excluding tert-OH is 2. The quantitative estimate of drug-likeness (QED) is 0.0321. The molecule has 0 aromatic carbocycles. The fourth-order valence-electron chi connectivity index (χ4n) is 8.75. The molecule has 0 rings (SSSR count). The number of aliphatic hydroxyl groups is 2. The molecule has 0 heterocycles. The van der Waals surface area contributed by atoms with E-state index in [1.54, 1.807) is 0 Å². The molecule has 0 aliphatic carbocycles. The second kappa shape index (κ2) is 51.3. The maximum atomic E-state index is 13.2. The van der Waals surface area contributed by atoms with Crippen LogP contribution in [0.3, 0.4) is 0 Å². The lowest BCUT2D eigenvalue weighted by atomic mass is 10.0. The van der Waals surface area contributed by atoms with Crippen LogP contribution in [-0.2, 0) is 14.3 Å². The molecule has 1 amide bonds. The van der Waals surface area contributed by atoms with Crippen LogP contribution in [0.1, 0.15) is 303 Å². The van der Waals surface area contributed by atoms with Crippen LogP contribution in [-0.4, -0.2) is 46.9 Å². The van der Waals surface area contributed by atoms with Crippen molar-refractivity contribution < 1.29 is 24.5 Å². The van der Waals surface area contributed by atoms with Gasteiger partial charge < -0.3 is 20.3 Å². The monoisotopic (exact) mass is 888 g/mol. The molecule has 0 bridgehead atoms. The van der Waals surface area contributed by atoms with Crippen molar-refractivity contribution in [1.29, 1.82) is 0 Å². The average molecular weight is 889 g/mol. The first-order valence-corrected chi connectivity index (χ1v) is 28.1. The van der Waals surface area contributed by atoms with Crippen LogP contribution in [0.15, 0.2) is 24.3 Å². The molecule has 0 aliphatic heterocycles. The van der Waals surface area contributed by atoms with Gasteiger partial charge in [0, 0.05) is 6.42 Å². The van der Waals surface area contributed by atoms with Crippen molar-refractivity contribution >= 4 is 11.9 Å². The van der Waals surface area contributed by atoms with Crippen molar-refractivity contribution in [2.24, 2.45) is 0 Å². The van der Waals surface area contributed by atoms with Gasteiger partial charge in [0.05, 0.1) is 25.2 Å². The molecule has 0 aliphatic rings. The molecule has 3 N–H and O–H groups in total. The summed E-state index contributed by atoms with van der Waals surface area (Å²) in [4.78, 5) is 26.1. The normalized spacial score (nSPS) is 13.3. The summed E-state index contributed by atoms with van der Waals surface area (Å²) in [6.07, 6.45) is 60.0. The number of allylic oxidation sites excluding steroid dienone is 3.